The van der Waals surface area contributed by atoms with Crippen LogP contribution in [0.4, 0.5) is 0 Å². The average molecular weight is 240 g/mol. The minimum Gasteiger partial charge on any atom is -0.244 e. The summed E-state index contributed by atoms with van der Waals surface area (Å²) in [5.41, 5.74) is 2.60. The Morgan fingerprint density at radius 3 is 2.53 bits per heavy atom. The summed E-state index contributed by atoms with van der Waals surface area (Å²) in [7, 11) is 0. The van der Waals surface area contributed by atoms with E-state index in [-0.39, 0.29) is 5.28 Å². The summed E-state index contributed by atoms with van der Waals surface area (Å²) in [4.78, 5) is 12.0. The van der Waals surface area contributed by atoms with Gasteiger partial charge in [0, 0.05) is 18.0 Å². The van der Waals surface area contributed by atoms with Crippen LogP contribution < -0.4 is 0 Å². The van der Waals surface area contributed by atoms with Gasteiger partial charge in [0.2, 0.25) is 5.28 Å². The van der Waals surface area contributed by atoms with Crippen LogP contribution in [0.1, 0.15) is 5.56 Å². The number of aryl methyl sites for hydroxylation is 1. The van der Waals surface area contributed by atoms with E-state index >= 15 is 0 Å². The van der Waals surface area contributed by atoms with Crippen molar-refractivity contribution in [1.82, 2.24) is 15.0 Å². The Kier molecular flexibility index (Phi) is 2.84. The van der Waals surface area contributed by atoms with Gasteiger partial charge in [-0.3, -0.25) is 0 Å². The molecule has 2 aromatic rings. The first-order valence-corrected chi connectivity index (χ1v) is 5.03. The molecule has 15 heavy (non-hydrogen) atoms. The zero-order valence-electron chi connectivity index (χ0n) is 7.91. The van der Waals surface area contributed by atoms with Gasteiger partial charge in [-0.25, -0.2) is 15.0 Å². The second kappa shape index (κ2) is 4.13. The van der Waals surface area contributed by atoms with Gasteiger partial charge in [-0.1, -0.05) is 11.6 Å². The van der Waals surface area contributed by atoms with Crippen molar-refractivity contribution in [3.63, 3.8) is 0 Å². The number of halogens is 2. The molecular weight excluding hydrogens is 233 g/mol. The van der Waals surface area contributed by atoms with E-state index in [0.29, 0.717) is 5.15 Å². The summed E-state index contributed by atoms with van der Waals surface area (Å²) >= 11 is 11.4. The first-order chi connectivity index (χ1) is 7.16. The Morgan fingerprint density at radius 2 is 1.87 bits per heavy atom. The first kappa shape index (κ1) is 10.3. The maximum atomic E-state index is 5.73. The standard InChI is InChI=1S/C10H7Cl2N3/c1-6-4-14-10(12)15-9(6)7-2-3-8(11)13-5-7/h2-5H,1H3. The molecule has 0 spiro atoms. The molecule has 0 bridgehead atoms. The average Bonchev–Trinajstić information content (AvgIpc) is 2.23. The normalized spacial score (nSPS) is 10.3. The second-order valence-corrected chi connectivity index (χ2v) is 3.77. The quantitative estimate of drug-likeness (QED) is 0.567. The fraction of sp³-hybridized carbons (Fsp3) is 0.100. The van der Waals surface area contributed by atoms with Gasteiger partial charge in [0.05, 0.1) is 5.69 Å². The van der Waals surface area contributed by atoms with E-state index in [4.69, 9.17) is 23.2 Å². The largest absolute Gasteiger partial charge is 0.244 e. The summed E-state index contributed by atoms with van der Waals surface area (Å²) in [6, 6.07) is 3.56. The lowest BCUT2D eigenvalue weighted by molar-refractivity contribution is 1.13. The van der Waals surface area contributed by atoms with Crippen LogP contribution in [0.2, 0.25) is 10.4 Å². The third kappa shape index (κ3) is 2.25. The lowest BCUT2D eigenvalue weighted by Gasteiger charge is -2.03. The topological polar surface area (TPSA) is 38.7 Å². The van der Waals surface area contributed by atoms with Crippen molar-refractivity contribution < 1.29 is 0 Å². The van der Waals surface area contributed by atoms with Crippen LogP contribution >= 0.6 is 23.2 Å². The molecule has 0 aliphatic carbocycles. The third-order valence-electron chi connectivity index (χ3n) is 1.94. The number of pyridine rings is 1. The van der Waals surface area contributed by atoms with E-state index in [9.17, 15) is 0 Å². The number of aromatic nitrogens is 3. The smallest absolute Gasteiger partial charge is 0.222 e. The van der Waals surface area contributed by atoms with Crippen molar-refractivity contribution in [2.24, 2.45) is 0 Å². The fourth-order valence-corrected chi connectivity index (χ4v) is 1.47. The second-order valence-electron chi connectivity index (χ2n) is 3.04. The molecule has 0 fully saturated rings. The van der Waals surface area contributed by atoms with Crippen molar-refractivity contribution in [1.29, 1.82) is 0 Å². The number of rotatable bonds is 1. The van der Waals surface area contributed by atoms with Gasteiger partial charge in [-0.15, -0.1) is 0 Å². The zero-order valence-corrected chi connectivity index (χ0v) is 9.42. The molecule has 0 aromatic carbocycles. The Labute approximate surface area is 97.1 Å². The van der Waals surface area contributed by atoms with Crippen molar-refractivity contribution in [2.45, 2.75) is 6.92 Å². The predicted octanol–water partition coefficient (Wildman–Crippen LogP) is 3.15. The van der Waals surface area contributed by atoms with Crippen LogP contribution in [0.15, 0.2) is 24.5 Å². The molecule has 2 rings (SSSR count). The highest BCUT2D eigenvalue weighted by Gasteiger charge is 2.05. The van der Waals surface area contributed by atoms with E-state index in [1.165, 1.54) is 0 Å². The van der Waals surface area contributed by atoms with Gasteiger partial charge >= 0.3 is 0 Å². The Balaban J connectivity index is 2.53. The predicted molar refractivity (Wildman–Crippen MR) is 60.0 cm³/mol. The number of hydrogen-bond donors (Lipinski definition) is 0. The van der Waals surface area contributed by atoms with Crippen molar-refractivity contribution in [3.05, 3.63) is 40.5 Å². The maximum Gasteiger partial charge on any atom is 0.222 e. The van der Waals surface area contributed by atoms with Crippen LogP contribution in [-0.2, 0) is 0 Å². The van der Waals surface area contributed by atoms with Crippen LogP contribution in [-0.4, -0.2) is 15.0 Å². The number of hydrogen-bond acceptors (Lipinski definition) is 3. The van der Waals surface area contributed by atoms with E-state index in [1.807, 2.05) is 13.0 Å². The van der Waals surface area contributed by atoms with Crippen LogP contribution in [0.25, 0.3) is 11.3 Å². The van der Waals surface area contributed by atoms with E-state index in [0.717, 1.165) is 16.8 Å². The Bertz CT molecular complexity index is 483. The zero-order chi connectivity index (χ0) is 10.8. The molecule has 5 heteroatoms. The van der Waals surface area contributed by atoms with Crippen molar-refractivity contribution in [3.8, 4) is 11.3 Å². The summed E-state index contributed by atoms with van der Waals surface area (Å²) in [6.07, 6.45) is 3.34. The molecule has 0 radical (unpaired) electrons. The molecule has 0 atom stereocenters. The van der Waals surface area contributed by atoms with Crippen LogP contribution in [0.3, 0.4) is 0 Å². The molecule has 0 amide bonds. The molecule has 0 aliphatic heterocycles. The molecule has 0 N–H and O–H groups in total. The molecule has 0 saturated heterocycles. The van der Waals surface area contributed by atoms with Crippen LogP contribution in [0.5, 0.6) is 0 Å². The summed E-state index contributed by atoms with van der Waals surface area (Å²) in [5, 5.41) is 0.683. The Morgan fingerprint density at radius 1 is 1.07 bits per heavy atom. The highest BCUT2D eigenvalue weighted by atomic mass is 35.5. The van der Waals surface area contributed by atoms with Crippen LogP contribution in [0, 0.1) is 6.92 Å². The first-order valence-electron chi connectivity index (χ1n) is 4.28. The lowest BCUT2D eigenvalue weighted by Crippen LogP contribution is -1.92. The van der Waals surface area contributed by atoms with Crippen molar-refractivity contribution >= 4 is 23.2 Å². The SMILES string of the molecule is Cc1cnc(Cl)nc1-c1ccc(Cl)nc1. The third-order valence-corrected chi connectivity index (χ3v) is 2.35. The van der Waals surface area contributed by atoms with Gasteiger partial charge in [0.15, 0.2) is 0 Å². The van der Waals surface area contributed by atoms with E-state index in [1.54, 1.807) is 18.5 Å². The van der Waals surface area contributed by atoms with E-state index in [2.05, 4.69) is 15.0 Å². The van der Waals surface area contributed by atoms with Gasteiger partial charge in [0.25, 0.3) is 0 Å². The molecule has 0 unspecified atom stereocenters. The lowest BCUT2D eigenvalue weighted by atomic mass is 10.1. The highest BCUT2D eigenvalue weighted by Crippen LogP contribution is 2.21. The molecule has 3 nitrogen and oxygen atoms in total. The Hall–Kier alpha value is -1.19. The molecule has 0 saturated carbocycles. The summed E-state index contributed by atoms with van der Waals surface area (Å²) in [6.45, 7) is 1.92. The highest BCUT2D eigenvalue weighted by molar-refractivity contribution is 6.29. The van der Waals surface area contributed by atoms with E-state index < -0.39 is 0 Å². The maximum absolute atomic E-state index is 5.73. The molecule has 76 valence electrons. The van der Waals surface area contributed by atoms with Gasteiger partial charge in [-0.05, 0) is 36.2 Å². The molecule has 0 aliphatic rings. The molecular formula is C10H7Cl2N3. The van der Waals surface area contributed by atoms with Gasteiger partial charge in [-0.2, -0.15) is 0 Å². The monoisotopic (exact) mass is 239 g/mol. The summed E-state index contributed by atoms with van der Waals surface area (Å²) < 4.78 is 0. The fourth-order valence-electron chi connectivity index (χ4n) is 1.23. The number of nitrogens with zero attached hydrogens (tertiary/aromatic N) is 3. The summed E-state index contributed by atoms with van der Waals surface area (Å²) in [5.74, 6) is 0. The van der Waals surface area contributed by atoms with Gasteiger partial charge in [0.1, 0.15) is 5.15 Å². The molecule has 2 aromatic heterocycles. The minimum absolute atomic E-state index is 0.227. The van der Waals surface area contributed by atoms with Crippen molar-refractivity contribution in [2.75, 3.05) is 0 Å². The minimum atomic E-state index is 0.227. The van der Waals surface area contributed by atoms with Gasteiger partial charge < -0.3 is 0 Å². The molecule has 2 heterocycles.